The van der Waals surface area contributed by atoms with Crippen LogP contribution in [0.4, 0.5) is 10.5 Å². The standard InChI is InChI=1S/C17H22N2O6/c1-17(2,3)25-16(21)18-10-8-14(9-11-18)24-15(20)12-4-6-13(7-5-12)19(22)23/h4-7,14H,8-11H2,1-3H3. The Bertz CT molecular complexity index is 642. The lowest BCUT2D eigenvalue weighted by atomic mass is 10.1. The van der Waals surface area contributed by atoms with Crippen molar-refractivity contribution in [1.29, 1.82) is 0 Å². The lowest BCUT2D eigenvalue weighted by Gasteiger charge is -2.33. The second kappa shape index (κ2) is 7.50. The topological polar surface area (TPSA) is 99.0 Å². The Morgan fingerprint density at radius 1 is 1.16 bits per heavy atom. The molecular weight excluding hydrogens is 328 g/mol. The molecule has 1 aliphatic rings. The second-order valence-electron chi connectivity index (χ2n) is 6.88. The third-order valence-corrected chi connectivity index (χ3v) is 3.68. The number of carbonyl (C=O) groups excluding carboxylic acids is 2. The van der Waals surface area contributed by atoms with Crippen LogP contribution in [0.1, 0.15) is 44.0 Å². The predicted molar refractivity (Wildman–Crippen MR) is 89.3 cm³/mol. The van der Waals surface area contributed by atoms with Crippen LogP contribution in [-0.4, -0.2) is 46.7 Å². The Morgan fingerprint density at radius 2 is 1.72 bits per heavy atom. The van der Waals surface area contributed by atoms with Crippen LogP contribution in [0, 0.1) is 10.1 Å². The van der Waals surface area contributed by atoms with Crippen LogP contribution in [0.5, 0.6) is 0 Å². The largest absolute Gasteiger partial charge is 0.459 e. The first-order valence-electron chi connectivity index (χ1n) is 8.09. The summed E-state index contributed by atoms with van der Waals surface area (Å²) in [5, 5.41) is 10.6. The number of nitro groups is 1. The van der Waals surface area contributed by atoms with E-state index in [1.165, 1.54) is 24.3 Å². The third-order valence-electron chi connectivity index (χ3n) is 3.68. The number of nitro benzene ring substituents is 1. The number of piperidine rings is 1. The number of rotatable bonds is 3. The summed E-state index contributed by atoms with van der Waals surface area (Å²) in [7, 11) is 0. The molecule has 1 aromatic rings. The highest BCUT2D eigenvalue weighted by Gasteiger charge is 2.28. The maximum Gasteiger partial charge on any atom is 0.410 e. The summed E-state index contributed by atoms with van der Waals surface area (Å²) in [5.41, 5.74) is -0.363. The molecule has 0 aliphatic carbocycles. The van der Waals surface area contributed by atoms with E-state index in [0.717, 1.165) is 0 Å². The first kappa shape index (κ1) is 18.7. The Hall–Kier alpha value is -2.64. The van der Waals surface area contributed by atoms with E-state index in [1.807, 2.05) is 20.8 Å². The summed E-state index contributed by atoms with van der Waals surface area (Å²) in [4.78, 5) is 35.8. The highest BCUT2D eigenvalue weighted by Crippen LogP contribution is 2.19. The number of amides is 1. The fraction of sp³-hybridized carbons (Fsp3) is 0.529. The molecule has 8 heteroatoms. The fourth-order valence-electron chi connectivity index (χ4n) is 2.42. The van der Waals surface area contributed by atoms with Gasteiger partial charge in [0.2, 0.25) is 0 Å². The minimum atomic E-state index is -0.545. The van der Waals surface area contributed by atoms with Crippen LogP contribution in [0.3, 0.4) is 0 Å². The number of nitrogens with zero attached hydrogens (tertiary/aromatic N) is 2. The Labute approximate surface area is 145 Å². The normalized spacial score (nSPS) is 15.6. The maximum atomic E-state index is 12.1. The summed E-state index contributed by atoms with van der Waals surface area (Å²) < 4.78 is 10.7. The van der Waals surface area contributed by atoms with Gasteiger partial charge >= 0.3 is 12.1 Å². The SMILES string of the molecule is CC(C)(C)OC(=O)N1CCC(OC(=O)c2ccc([N+](=O)[O-])cc2)CC1. The molecule has 1 heterocycles. The molecule has 1 fully saturated rings. The van der Waals surface area contributed by atoms with Crippen LogP contribution in [0.15, 0.2) is 24.3 Å². The van der Waals surface area contributed by atoms with E-state index >= 15 is 0 Å². The molecule has 0 saturated carbocycles. The summed E-state index contributed by atoms with van der Waals surface area (Å²) in [6.45, 7) is 6.33. The zero-order valence-electron chi connectivity index (χ0n) is 14.6. The number of hydrogen-bond acceptors (Lipinski definition) is 6. The molecule has 0 aromatic heterocycles. The highest BCUT2D eigenvalue weighted by molar-refractivity contribution is 5.89. The summed E-state index contributed by atoms with van der Waals surface area (Å²) in [6, 6.07) is 5.27. The average molecular weight is 350 g/mol. The van der Waals surface area contributed by atoms with Crippen LogP contribution in [-0.2, 0) is 9.47 Å². The number of ether oxygens (including phenoxy) is 2. The number of benzene rings is 1. The molecule has 1 aromatic carbocycles. The molecular formula is C17H22N2O6. The van der Waals surface area contributed by atoms with E-state index in [4.69, 9.17) is 9.47 Å². The Morgan fingerprint density at radius 3 is 2.20 bits per heavy atom. The molecule has 0 spiro atoms. The van der Waals surface area contributed by atoms with Gasteiger partial charge in [-0.25, -0.2) is 9.59 Å². The van der Waals surface area contributed by atoms with Crippen molar-refractivity contribution >= 4 is 17.7 Å². The monoisotopic (exact) mass is 350 g/mol. The fourth-order valence-corrected chi connectivity index (χ4v) is 2.42. The summed E-state index contributed by atoms with van der Waals surface area (Å²) in [6.07, 6.45) is 0.393. The van der Waals surface area contributed by atoms with Crippen LogP contribution in [0.25, 0.3) is 0 Å². The molecule has 0 bridgehead atoms. The predicted octanol–water partition coefficient (Wildman–Crippen LogP) is 3.15. The van der Waals surface area contributed by atoms with Crippen LogP contribution in [0.2, 0.25) is 0 Å². The van der Waals surface area contributed by atoms with E-state index < -0.39 is 16.5 Å². The van der Waals surface area contributed by atoms with Crippen molar-refractivity contribution in [3.8, 4) is 0 Å². The van der Waals surface area contributed by atoms with Gasteiger partial charge in [0, 0.05) is 38.1 Å². The van der Waals surface area contributed by atoms with Gasteiger partial charge in [0.25, 0.3) is 5.69 Å². The van der Waals surface area contributed by atoms with Crippen LogP contribution >= 0.6 is 0 Å². The minimum absolute atomic E-state index is 0.0813. The van der Waals surface area contributed by atoms with Crippen molar-refractivity contribution < 1.29 is 24.0 Å². The first-order valence-corrected chi connectivity index (χ1v) is 8.09. The number of carbonyl (C=O) groups is 2. The minimum Gasteiger partial charge on any atom is -0.459 e. The van der Waals surface area contributed by atoms with Crippen molar-refractivity contribution in [1.82, 2.24) is 4.90 Å². The lowest BCUT2D eigenvalue weighted by molar-refractivity contribution is -0.384. The van der Waals surface area contributed by atoms with Gasteiger partial charge in [-0.15, -0.1) is 0 Å². The van der Waals surface area contributed by atoms with Crippen LogP contribution < -0.4 is 0 Å². The molecule has 1 amide bonds. The van der Waals surface area contributed by atoms with Gasteiger partial charge in [0.05, 0.1) is 10.5 Å². The number of esters is 1. The van der Waals surface area contributed by atoms with Gasteiger partial charge in [-0.1, -0.05) is 0 Å². The molecule has 1 saturated heterocycles. The lowest BCUT2D eigenvalue weighted by Crippen LogP contribution is -2.43. The van der Waals surface area contributed by atoms with E-state index in [9.17, 15) is 19.7 Å². The molecule has 136 valence electrons. The summed E-state index contributed by atoms with van der Waals surface area (Å²) in [5.74, 6) is -0.523. The smallest absolute Gasteiger partial charge is 0.410 e. The Balaban J connectivity index is 1.84. The van der Waals surface area contributed by atoms with E-state index in [1.54, 1.807) is 4.90 Å². The summed E-state index contributed by atoms with van der Waals surface area (Å²) >= 11 is 0. The molecule has 0 unspecified atom stereocenters. The molecule has 1 aliphatic heterocycles. The van der Waals surface area contributed by atoms with Gasteiger partial charge in [0.1, 0.15) is 11.7 Å². The first-order chi connectivity index (χ1) is 11.7. The number of likely N-dealkylation sites (tertiary alicyclic amines) is 1. The zero-order valence-corrected chi connectivity index (χ0v) is 14.6. The number of non-ortho nitro benzene ring substituents is 1. The van der Waals surface area contributed by atoms with E-state index in [-0.39, 0.29) is 23.4 Å². The zero-order chi connectivity index (χ0) is 18.6. The van der Waals surface area contributed by atoms with E-state index in [2.05, 4.69) is 0 Å². The van der Waals surface area contributed by atoms with Crippen molar-refractivity contribution in [3.05, 3.63) is 39.9 Å². The highest BCUT2D eigenvalue weighted by atomic mass is 16.6. The van der Waals surface area contributed by atoms with Gasteiger partial charge in [-0.05, 0) is 32.9 Å². The van der Waals surface area contributed by atoms with Gasteiger partial charge < -0.3 is 14.4 Å². The van der Waals surface area contributed by atoms with Gasteiger partial charge in [0.15, 0.2) is 0 Å². The van der Waals surface area contributed by atoms with Gasteiger partial charge in [-0.3, -0.25) is 10.1 Å². The van der Waals surface area contributed by atoms with Gasteiger partial charge in [-0.2, -0.15) is 0 Å². The molecule has 0 atom stereocenters. The molecule has 25 heavy (non-hydrogen) atoms. The molecule has 2 rings (SSSR count). The third kappa shape index (κ3) is 5.44. The second-order valence-corrected chi connectivity index (χ2v) is 6.88. The molecule has 0 N–H and O–H groups in total. The van der Waals surface area contributed by atoms with E-state index in [0.29, 0.717) is 25.9 Å². The number of hydrogen-bond donors (Lipinski definition) is 0. The van der Waals surface area contributed by atoms with Crippen molar-refractivity contribution in [2.75, 3.05) is 13.1 Å². The van der Waals surface area contributed by atoms with Crippen molar-refractivity contribution in [2.24, 2.45) is 0 Å². The average Bonchev–Trinajstić information content (AvgIpc) is 2.54. The molecule has 0 radical (unpaired) electrons. The maximum absolute atomic E-state index is 12.1. The Kier molecular flexibility index (Phi) is 5.61. The van der Waals surface area contributed by atoms with Crippen molar-refractivity contribution in [3.63, 3.8) is 0 Å². The van der Waals surface area contributed by atoms with Crippen molar-refractivity contribution in [2.45, 2.75) is 45.3 Å². The molecule has 8 nitrogen and oxygen atoms in total. The quantitative estimate of drug-likeness (QED) is 0.472.